The number of amides is 1. The minimum absolute atomic E-state index is 0.166. The van der Waals surface area contributed by atoms with Crippen LogP contribution < -0.4 is 5.32 Å². The number of hydrogen-bond acceptors (Lipinski definition) is 5. The molecule has 1 atom stereocenters. The van der Waals surface area contributed by atoms with Crippen LogP contribution in [0.2, 0.25) is 0 Å². The number of ether oxygens (including phenoxy) is 1. The Hall–Kier alpha value is -2.25. The van der Waals surface area contributed by atoms with Crippen LogP contribution >= 0.6 is 0 Å². The van der Waals surface area contributed by atoms with Crippen molar-refractivity contribution in [3.63, 3.8) is 0 Å². The predicted octanol–water partition coefficient (Wildman–Crippen LogP) is 2.67. The highest BCUT2D eigenvalue weighted by Gasteiger charge is 2.24. The summed E-state index contributed by atoms with van der Waals surface area (Å²) in [5, 5.41) is 12.1. The molecule has 1 N–H and O–H groups in total. The van der Waals surface area contributed by atoms with Crippen molar-refractivity contribution in [2.24, 2.45) is 5.92 Å². The molecule has 1 aliphatic heterocycles. The average molecular weight is 400 g/mol. The molecular weight excluding hydrogens is 366 g/mol. The second kappa shape index (κ2) is 9.50. The maximum absolute atomic E-state index is 12.9. The van der Waals surface area contributed by atoms with E-state index >= 15 is 0 Å². The molecule has 1 fully saturated rings. The fourth-order valence-corrected chi connectivity index (χ4v) is 3.87. The molecule has 0 bridgehead atoms. The van der Waals surface area contributed by atoms with Gasteiger partial charge in [-0.25, -0.2) is 0 Å². The maximum Gasteiger partial charge on any atom is 0.273 e. The molecule has 2 aromatic rings. The summed E-state index contributed by atoms with van der Waals surface area (Å²) in [6.07, 6.45) is 1.04. The molecular formula is C22H33N5O2. The monoisotopic (exact) mass is 399 g/mol. The zero-order valence-electron chi connectivity index (χ0n) is 18.2. The first-order chi connectivity index (χ1) is 13.8. The second-order valence-corrected chi connectivity index (χ2v) is 8.36. The summed E-state index contributed by atoms with van der Waals surface area (Å²) in [5.74, 6) is 0.396. The number of benzene rings is 1. The maximum atomic E-state index is 12.9. The van der Waals surface area contributed by atoms with Crippen LogP contribution in [0.1, 0.15) is 47.6 Å². The number of carbonyl (C=O) groups excluding carboxylic acids is 1. The van der Waals surface area contributed by atoms with Crippen molar-refractivity contribution >= 4 is 5.91 Å². The van der Waals surface area contributed by atoms with Crippen molar-refractivity contribution in [2.75, 3.05) is 32.8 Å². The number of carbonyl (C=O) groups is 1. The van der Waals surface area contributed by atoms with E-state index in [0.717, 1.165) is 44.0 Å². The van der Waals surface area contributed by atoms with Gasteiger partial charge in [0.1, 0.15) is 0 Å². The molecule has 1 aliphatic rings. The van der Waals surface area contributed by atoms with E-state index in [1.165, 1.54) is 5.56 Å². The topological polar surface area (TPSA) is 72.3 Å². The van der Waals surface area contributed by atoms with Crippen LogP contribution in [0, 0.1) is 26.7 Å². The number of hydrogen-bond donors (Lipinski definition) is 1. The lowest BCUT2D eigenvalue weighted by Gasteiger charge is -2.35. The van der Waals surface area contributed by atoms with Gasteiger partial charge in [0.15, 0.2) is 5.69 Å². The summed E-state index contributed by atoms with van der Waals surface area (Å²) in [4.78, 5) is 16.8. The summed E-state index contributed by atoms with van der Waals surface area (Å²) < 4.78 is 5.48. The predicted molar refractivity (Wildman–Crippen MR) is 114 cm³/mol. The first kappa shape index (κ1) is 21.5. The lowest BCUT2D eigenvalue weighted by Crippen LogP contribution is -2.49. The van der Waals surface area contributed by atoms with Crippen molar-refractivity contribution in [2.45, 2.75) is 47.1 Å². The van der Waals surface area contributed by atoms with Crippen LogP contribution in [-0.2, 0) is 4.74 Å². The summed E-state index contributed by atoms with van der Waals surface area (Å²) in [7, 11) is 0. The molecule has 158 valence electrons. The van der Waals surface area contributed by atoms with E-state index in [-0.39, 0.29) is 5.91 Å². The van der Waals surface area contributed by atoms with Gasteiger partial charge in [0, 0.05) is 25.7 Å². The van der Waals surface area contributed by atoms with Crippen molar-refractivity contribution in [1.29, 1.82) is 0 Å². The van der Waals surface area contributed by atoms with E-state index in [0.29, 0.717) is 29.9 Å². The number of nitrogens with zero attached hydrogens (tertiary/aromatic N) is 4. The Morgan fingerprint density at radius 2 is 1.90 bits per heavy atom. The van der Waals surface area contributed by atoms with Crippen LogP contribution in [0.3, 0.4) is 0 Å². The van der Waals surface area contributed by atoms with E-state index in [4.69, 9.17) is 4.74 Å². The van der Waals surface area contributed by atoms with Crippen LogP contribution in [0.15, 0.2) is 18.2 Å². The Morgan fingerprint density at radius 3 is 2.55 bits per heavy atom. The molecule has 1 unspecified atom stereocenters. The van der Waals surface area contributed by atoms with Gasteiger partial charge in [-0.15, -0.1) is 5.10 Å². The van der Waals surface area contributed by atoms with E-state index in [1.807, 2.05) is 26.0 Å². The molecule has 0 saturated carbocycles. The highest BCUT2D eigenvalue weighted by molar-refractivity contribution is 5.93. The molecule has 1 aromatic heterocycles. The van der Waals surface area contributed by atoms with Crippen molar-refractivity contribution in [3.05, 3.63) is 40.7 Å². The lowest BCUT2D eigenvalue weighted by molar-refractivity contribution is 0.0124. The molecule has 3 rings (SSSR count). The average Bonchev–Trinajstić information content (AvgIpc) is 3.06. The zero-order chi connectivity index (χ0) is 21.0. The minimum atomic E-state index is -0.166. The van der Waals surface area contributed by atoms with Crippen molar-refractivity contribution in [3.8, 4) is 5.69 Å². The Bertz CT molecular complexity index is 840. The second-order valence-electron chi connectivity index (χ2n) is 8.36. The molecule has 1 amide bonds. The first-order valence-corrected chi connectivity index (χ1v) is 10.5. The van der Waals surface area contributed by atoms with Crippen LogP contribution in [0.25, 0.3) is 5.69 Å². The van der Waals surface area contributed by atoms with E-state index < -0.39 is 0 Å². The third-order valence-electron chi connectivity index (χ3n) is 5.37. The van der Waals surface area contributed by atoms with Crippen LogP contribution in [0.5, 0.6) is 0 Å². The molecule has 0 aliphatic carbocycles. The van der Waals surface area contributed by atoms with Gasteiger partial charge in [-0.3, -0.25) is 9.69 Å². The van der Waals surface area contributed by atoms with Gasteiger partial charge in [0.2, 0.25) is 0 Å². The normalized spacial score (nSPS) is 16.2. The van der Waals surface area contributed by atoms with Gasteiger partial charge in [-0.2, -0.15) is 9.90 Å². The molecule has 7 nitrogen and oxygen atoms in total. The molecule has 1 aromatic carbocycles. The molecule has 0 radical (unpaired) electrons. The van der Waals surface area contributed by atoms with Crippen LogP contribution in [-0.4, -0.2) is 64.7 Å². The number of rotatable bonds is 7. The van der Waals surface area contributed by atoms with E-state index in [2.05, 4.69) is 47.3 Å². The SMILES string of the molecule is Cc1ccc(-n2nc(C)c(C(=O)NCC(CC(C)C)N3CCOCC3)n2)c(C)c1. The number of morpholine rings is 1. The van der Waals surface area contributed by atoms with E-state index in [9.17, 15) is 4.79 Å². The number of nitrogens with one attached hydrogen (secondary N) is 1. The van der Waals surface area contributed by atoms with Gasteiger partial charge in [-0.1, -0.05) is 31.5 Å². The molecule has 29 heavy (non-hydrogen) atoms. The third kappa shape index (κ3) is 5.42. The Morgan fingerprint density at radius 1 is 1.17 bits per heavy atom. The van der Waals surface area contributed by atoms with Crippen molar-refractivity contribution < 1.29 is 9.53 Å². The summed E-state index contributed by atoms with van der Waals surface area (Å²) in [5.41, 5.74) is 4.18. The summed E-state index contributed by atoms with van der Waals surface area (Å²) in [6.45, 7) is 14.3. The fraction of sp³-hybridized carbons (Fsp3) is 0.591. The highest BCUT2D eigenvalue weighted by atomic mass is 16.5. The molecule has 1 saturated heterocycles. The van der Waals surface area contributed by atoms with Gasteiger partial charge >= 0.3 is 0 Å². The fourth-order valence-electron chi connectivity index (χ4n) is 3.87. The van der Waals surface area contributed by atoms with Gasteiger partial charge in [0.25, 0.3) is 5.91 Å². The third-order valence-corrected chi connectivity index (χ3v) is 5.37. The summed E-state index contributed by atoms with van der Waals surface area (Å²) in [6, 6.07) is 6.41. The first-order valence-electron chi connectivity index (χ1n) is 10.5. The van der Waals surface area contributed by atoms with Crippen molar-refractivity contribution in [1.82, 2.24) is 25.2 Å². The standard InChI is InChI=1S/C22H33N5O2/c1-15(2)12-19(26-8-10-29-11-9-26)14-23-22(28)21-18(5)24-27(25-21)20-7-6-16(3)13-17(20)4/h6-7,13,15,19H,8-12,14H2,1-5H3,(H,23,28). The molecule has 0 spiro atoms. The minimum Gasteiger partial charge on any atom is -0.379 e. The molecule has 2 heterocycles. The van der Waals surface area contributed by atoms with Gasteiger partial charge in [0.05, 0.1) is 24.6 Å². The quantitative estimate of drug-likeness (QED) is 0.775. The Labute approximate surface area is 173 Å². The number of aromatic nitrogens is 3. The zero-order valence-corrected chi connectivity index (χ0v) is 18.2. The smallest absolute Gasteiger partial charge is 0.273 e. The van der Waals surface area contributed by atoms with E-state index in [1.54, 1.807) is 4.80 Å². The Kier molecular flexibility index (Phi) is 7.03. The summed E-state index contributed by atoms with van der Waals surface area (Å²) >= 11 is 0. The Balaban J connectivity index is 1.70. The lowest BCUT2D eigenvalue weighted by atomic mass is 10.0. The molecule has 7 heteroatoms. The van der Waals surface area contributed by atoms with Crippen LogP contribution in [0.4, 0.5) is 0 Å². The van der Waals surface area contributed by atoms with Gasteiger partial charge < -0.3 is 10.1 Å². The largest absolute Gasteiger partial charge is 0.379 e. The van der Waals surface area contributed by atoms with Gasteiger partial charge in [-0.05, 0) is 44.7 Å². The highest BCUT2D eigenvalue weighted by Crippen LogP contribution is 2.16. The number of aryl methyl sites for hydroxylation is 3.